The minimum atomic E-state index is -0.0822. The van der Waals surface area contributed by atoms with E-state index in [2.05, 4.69) is 25.7 Å². The van der Waals surface area contributed by atoms with E-state index in [0.717, 1.165) is 33.8 Å². The highest BCUT2D eigenvalue weighted by Gasteiger charge is 2.26. The predicted octanol–water partition coefficient (Wildman–Crippen LogP) is 3.06. The van der Waals surface area contributed by atoms with Crippen molar-refractivity contribution < 1.29 is 4.79 Å². The number of likely N-dealkylation sites (tertiary alicyclic amines) is 1. The minimum Gasteiger partial charge on any atom is -0.364 e. The Morgan fingerprint density at radius 1 is 1.22 bits per heavy atom. The normalized spacial score (nSPS) is 16.9. The van der Waals surface area contributed by atoms with Gasteiger partial charge >= 0.3 is 6.03 Å². The Morgan fingerprint density at radius 2 is 2.19 bits per heavy atom. The number of rotatable bonds is 3. The first kappa shape index (κ1) is 16.0. The summed E-state index contributed by atoms with van der Waals surface area (Å²) in [4.78, 5) is 22.8. The lowest BCUT2D eigenvalue weighted by molar-refractivity contribution is 0.222. The lowest BCUT2D eigenvalue weighted by Crippen LogP contribution is -2.35. The van der Waals surface area contributed by atoms with Gasteiger partial charge in [0.2, 0.25) is 0 Å². The summed E-state index contributed by atoms with van der Waals surface area (Å²) < 4.78 is 2.80. The molecule has 1 saturated heterocycles. The van der Waals surface area contributed by atoms with Crippen LogP contribution in [0.15, 0.2) is 48.2 Å². The second-order valence-electron chi connectivity index (χ2n) is 6.49. The largest absolute Gasteiger partial charge is 0.364 e. The number of amides is 2. The molecular weight excluding hydrogens is 362 g/mol. The molecule has 4 aromatic rings. The highest BCUT2D eigenvalue weighted by atomic mass is 32.1. The predicted molar refractivity (Wildman–Crippen MR) is 105 cm³/mol. The van der Waals surface area contributed by atoms with Gasteiger partial charge in [-0.25, -0.2) is 19.3 Å². The van der Waals surface area contributed by atoms with Gasteiger partial charge in [0.25, 0.3) is 0 Å². The molecule has 3 aromatic heterocycles. The quantitative estimate of drug-likeness (QED) is 0.571. The van der Waals surface area contributed by atoms with E-state index in [1.807, 2.05) is 46.9 Å². The summed E-state index contributed by atoms with van der Waals surface area (Å²) in [5, 5.41) is 10.9. The maximum Gasteiger partial charge on any atom is 0.321 e. The number of nitrogens with zero attached hydrogens (tertiary/aromatic N) is 5. The van der Waals surface area contributed by atoms with Crippen molar-refractivity contribution in [3.05, 3.63) is 48.2 Å². The van der Waals surface area contributed by atoms with E-state index in [0.29, 0.717) is 13.1 Å². The number of carbonyl (C=O) groups excluding carboxylic acids is 1. The van der Waals surface area contributed by atoms with E-state index in [1.54, 1.807) is 22.0 Å². The Hall–Kier alpha value is -3.20. The van der Waals surface area contributed by atoms with Crippen LogP contribution < -0.4 is 10.6 Å². The fraction of sp³-hybridized carbons (Fsp3) is 0.222. The van der Waals surface area contributed by atoms with Crippen LogP contribution in [-0.4, -0.2) is 49.6 Å². The molecule has 1 aliphatic heterocycles. The Morgan fingerprint density at radius 3 is 3.15 bits per heavy atom. The first-order valence-corrected chi connectivity index (χ1v) is 9.59. The van der Waals surface area contributed by atoms with Crippen LogP contribution in [0.5, 0.6) is 0 Å². The summed E-state index contributed by atoms with van der Waals surface area (Å²) >= 11 is 1.56. The molecule has 0 spiro atoms. The Bertz CT molecular complexity index is 1120. The first-order chi connectivity index (χ1) is 13.2. The van der Waals surface area contributed by atoms with Crippen LogP contribution in [0.3, 0.4) is 0 Å². The van der Waals surface area contributed by atoms with Gasteiger partial charge < -0.3 is 15.5 Å². The topological polar surface area (TPSA) is 87.5 Å². The molecule has 0 radical (unpaired) electrons. The van der Waals surface area contributed by atoms with Crippen molar-refractivity contribution in [1.29, 1.82) is 0 Å². The number of anilines is 2. The Labute approximate surface area is 158 Å². The number of benzene rings is 1. The third-order valence-corrected chi connectivity index (χ3v) is 5.46. The van der Waals surface area contributed by atoms with Crippen molar-refractivity contribution in [1.82, 2.24) is 24.5 Å². The number of hydrogen-bond donors (Lipinski definition) is 2. The molecule has 1 atom stereocenters. The molecule has 2 amide bonds. The average Bonchev–Trinajstić information content (AvgIpc) is 3.41. The first-order valence-electron chi connectivity index (χ1n) is 8.71. The van der Waals surface area contributed by atoms with Crippen molar-refractivity contribution in [2.45, 2.75) is 12.5 Å². The molecule has 4 heterocycles. The van der Waals surface area contributed by atoms with Crippen LogP contribution in [0, 0.1) is 0 Å². The summed E-state index contributed by atoms with van der Waals surface area (Å²) in [5.74, 6) is 0.781. The number of thiazole rings is 1. The van der Waals surface area contributed by atoms with Crippen LogP contribution >= 0.6 is 11.3 Å². The van der Waals surface area contributed by atoms with Crippen LogP contribution in [0.4, 0.5) is 16.3 Å². The van der Waals surface area contributed by atoms with Crippen LogP contribution in [0.1, 0.15) is 6.42 Å². The number of nitrogens with one attached hydrogen (secondary N) is 2. The van der Waals surface area contributed by atoms with E-state index in [1.165, 1.54) is 0 Å². The molecule has 1 aliphatic rings. The number of imidazole rings is 1. The molecular formula is C18H17N7OS. The number of carbonyl (C=O) groups is 1. The van der Waals surface area contributed by atoms with Crippen molar-refractivity contribution in [3.8, 4) is 0 Å². The summed E-state index contributed by atoms with van der Waals surface area (Å²) in [6.07, 6.45) is 4.41. The fourth-order valence-corrected chi connectivity index (χ4v) is 4.02. The molecule has 9 heteroatoms. The van der Waals surface area contributed by atoms with Crippen molar-refractivity contribution >= 4 is 44.7 Å². The highest BCUT2D eigenvalue weighted by molar-refractivity contribution is 7.16. The fourth-order valence-electron chi connectivity index (χ4n) is 3.30. The molecule has 0 saturated carbocycles. The summed E-state index contributed by atoms with van der Waals surface area (Å²) in [6.45, 7) is 1.35. The SMILES string of the molecule is O=C(Nc1ccc2ncsc2c1)N1CCC(Nc2ccc3nccn3n2)C1. The van der Waals surface area contributed by atoms with Gasteiger partial charge in [0.05, 0.1) is 15.7 Å². The van der Waals surface area contributed by atoms with Gasteiger partial charge in [0, 0.05) is 37.2 Å². The molecule has 0 aliphatic carbocycles. The van der Waals surface area contributed by atoms with Gasteiger partial charge in [-0.05, 0) is 36.8 Å². The van der Waals surface area contributed by atoms with Crippen molar-refractivity contribution in [2.75, 3.05) is 23.7 Å². The standard InChI is InChI=1S/C18H17N7OS/c26-18(22-12-1-2-14-15(9-12)27-11-20-14)24-7-5-13(10-24)21-16-3-4-17-19-6-8-25(17)23-16/h1-4,6,8-9,11,13H,5,7,10H2,(H,21,23)(H,22,26). The zero-order chi connectivity index (χ0) is 18.2. The lowest BCUT2D eigenvalue weighted by atomic mass is 10.2. The molecule has 8 nitrogen and oxygen atoms in total. The van der Waals surface area contributed by atoms with Gasteiger partial charge in [0.15, 0.2) is 5.65 Å². The minimum absolute atomic E-state index is 0.0822. The zero-order valence-corrected chi connectivity index (χ0v) is 15.2. The lowest BCUT2D eigenvalue weighted by Gasteiger charge is -2.18. The highest BCUT2D eigenvalue weighted by Crippen LogP contribution is 2.23. The van der Waals surface area contributed by atoms with Gasteiger partial charge in [-0.2, -0.15) is 0 Å². The van der Waals surface area contributed by atoms with E-state index in [9.17, 15) is 4.79 Å². The Kier molecular flexibility index (Phi) is 3.86. The van der Waals surface area contributed by atoms with E-state index < -0.39 is 0 Å². The molecule has 0 bridgehead atoms. The van der Waals surface area contributed by atoms with Gasteiger partial charge in [-0.15, -0.1) is 16.4 Å². The third kappa shape index (κ3) is 3.17. The van der Waals surface area contributed by atoms with Crippen LogP contribution in [0.2, 0.25) is 0 Å². The number of fused-ring (bicyclic) bond motifs is 2. The number of aromatic nitrogens is 4. The summed E-state index contributed by atoms with van der Waals surface area (Å²) in [5.41, 5.74) is 4.36. The molecule has 1 aromatic carbocycles. The third-order valence-electron chi connectivity index (χ3n) is 4.67. The summed E-state index contributed by atoms with van der Waals surface area (Å²) in [7, 11) is 0. The molecule has 2 N–H and O–H groups in total. The molecule has 1 unspecified atom stereocenters. The maximum atomic E-state index is 12.6. The van der Waals surface area contributed by atoms with E-state index in [4.69, 9.17) is 0 Å². The number of urea groups is 1. The van der Waals surface area contributed by atoms with Gasteiger partial charge in [-0.3, -0.25) is 0 Å². The van der Waals surface area contributed by atoms with Crippen LogP contribution in [-0.2, 0) is 0 Å². The monoisotopic (exact) mass is 379 g/mol. The van der Waals surface area contributed by atoms with Crippen LogP contribution in [0.25, 0.3) is 15.9 Å². The van der Waals surface area contributed by atoms with Crippen molar-refractivity contribution in [2.24, 2.45) is 0 Å². The second-order valence-corrected chi connectivity index (χ2v) is 7.38. The number of hydrogen-bond acceptors (Lipinski definition) is 6. The molecule has 136 valence electrons. The zero-order valence-electron chi connectivity index (χ0n) is 14.4. The van der Waals surface area contributed by atoms with Gasteiger partial charge in [-0.1, -0.05) is 0 Å². The molecule has 27 heavy (non-hydrogen) atoms. The molecule has 5 rings (SSSR count). The van der Waals surface area contributed by atoms with Crippen molar-refractivity contribution in [3.63, 3.8) is 0 Å². The second kappa shape index (κ2) is 6.51. The van der Waals surface area contributed by atoms with Gasteiger partial charge in [0.1, 0.15) is 5.82 Å². The average molecular weight is 379 g/mol. The Balaban J connectivity index is 1.22. The van der Waals surface area contributed by atoms with E-state index >= 15 is 0 Å². The summed E-state index contributed by atoms with van der Waals surface area (Å²) in [6, 6.07) is 9.69. The maximum absolute atomic E-state index is 12.6. The molecule has 1 fully saturated rings. The smallest absolute Gasteiger partial charge is 0.321 e. The van der Waals surface area contributed by atoms with E-state index in [-0.39, 0.29) is 12.1 Å².